The van der Waals surface area contributed by atoms with E-state index in [0.717, 1.165) is 25.7 Å². The molecule has 0 saturated heterocycles. The van der Waals surface area contributed by atoms with Gasteiger partial charge in [0.1, 0.15) is 0 Å². The fraction of sp³-hybridized carbons (Fsp3) is 0.917. The summed E-state index contributed by atoms with van der Waals surface area (Å²) in [6, 6.07) is 0.445. The van der Waals surface area contributed by atoms with Crippen LogP contribution in [-0.4, -0.2) is 35.7 Å². The van der Waals surface area contributed by atoms with E-state index < -0.39 is 0 Å². The molecule has 0 aromatic rings. The number of hydrogen-bond donors (Lipinski definition) is 3. The Hall–Kier alpha value is -0.610. The van der Waals surface area contributed by atoms with E-state index in [1.165, 1.54) is 0 Å². The van der Waals surface area contributed by atoms with Crippen LogP contribution in [0.15, 0.2) is 0 Å². The number of hydrogen-bond acceptors (Lipinski definition) is 3. The van der Waals surface area contributed by atoms with Gasteiger partial charge in [0, 0.05) is 25.0 Å². The summed E-state index contributed by atoms with van der Waals surface area (Å²) in [6.45, 7) is 4.72. The molecule has 1 rings (SSSR count). The third-order valence-electron chi connectivity index (χ3n) is 3.26. The van der Waals surface area contributed by atoms with Crippen molar-refractivity contribution in [1.29, 1.82) is 0 Å². The average molecular weight is 228 g/mol. The van der Waals surface area contributed by atoms with Crippen molar-refractivity contribution < 1.29 is 9.90 Å². The highest BCUT2D eigenvalue weighted by atomic mass is 16.3. The van der Waals surface area contributed by atoms with Crippen molar-refractivity contribution in [3.8, 4) is 0 Å². The van der Waals surface area contributed by atoms with Gasteiger partial charge in [-0.1, -0.05) is 6.92 Å². The Morgan fingerprint density at radius 1 is 1.50 bits per heavy atom. The van der Waals surface area contributed by atoms with E-state index in [9.17, 15) is 9.90 Å². The predicted molar refractivity (Wildman–Crippen MR) is 64.2 cm³/mol. The lowest BCUT2D eigenvalue weighted by Gasteiger charge is -2.16. The van der Waals surface area contributed by atoms with Crippen molar-refractivity contribution in [2.24, 2.45) is 0 Å². The number of carbonyl (C=O) groups excluding carboxylic acids is 1. The molecular weight excluding hydrogens is 204 g/mol. The first-order valence-electron chi connectivity index (χ1n) is 6.34. The molecule has 1 aliphatic rings. The maximum atomic E-state index is 11.5. The van der Waals surface area contributed by atoms with Gasteiger partial charge in [0.2, 0.25) is 5.91 Å². The molecule has 0 bridgehead atoms. The minimum Gasteiger partial charge on any atom is -0.392 e. The van der Waals surface area contributed by atoms with Gasteiger partial charge in [-0.25, -0.2) is 0 Å². The van der Waals surface area contributed by atoms with Gasteiger partial charge in [0.05, 0.1) is 6.10 Å². The topological polar surface area (TPSA) is 61.4 Å². The van der Waals surface area contributed by atoms with Gasteiger partial charge in [-0.05, 0) is 32.6 Å². The zero-order chi connectivity index (χ0) is 12.0. The lowest BCUT2D eigenvalue weighted by atomic mass is 10.2. The van der Waals surface area contributed by atoms with E-state index in [-0.39, 0.29) is 24.1 Å². The third-order valence-corrected chi connectivity index (χ3v) is 3.26. The van der Waals surface area contributed by atoms with Crippen molar-refractivity contribution >= 4 is 5.91 Å². The zero-order valence-corrected chi connectivity index (χ0v) is 10.3. The minimum absolute atomic E-state index is 0.0920. The molecule has 4 nitrogen and oxygen atoms in total. The number of amides is 1. The van der Waals surface area contributed by atoms with Crippen LogP contribution in [0.1, 0.15) is 46.0 Å². The van der Waals surface area contributed by atoms with Gasteiger partial charge in [0.15, 0.2) is 0 Å². The molecular formula is C12H24N2O2. The summed E-state index contributed by atoms with van der Waals surface area (Å²) >= 11 is 0. The Morgan fingerprint density at radius 3 is 2.81 bits per heavy atom. The van der Waals surface area contributed by atoms with Crippen LogP contribution in [0.3, 0.4) is 0 Å². The maximum absolute atomic E-state index is 11.5. The van der Waals surface area contributed by atoms with E-state index in [4.69, 9.17) is 0 Å². The summed E-state index contributed by atoms with van der Waals surface area (Å²) in [5.74, 6) is 0.0920. The van der Waals surface area contributed by atoms with Gasteiger partial charge in [-0.15, -0.1) is 0 Å². The minimum atomic E-state index is -0.224. The molecule has 4 heteroatoms. The van der Waals surface area contributed by atoms with E-state index in [1.807, 2.05) is 6.92 Å². The first kappa shape index (κ1) is 13.5. The van der Waals surface area contributed by atoms with E-state index in [0.29, 0.717) is 13.0 Å². The van der Waals surface area contributed by atoms with Crippen LogP contribution < -0.4 is 10.6 Å². The summed E-state index contributed by atoms with van der Waals surface area (Å²) in [5.41, 5.74) is 0. The van der Waals surface area contributed by atoms with Gasteiger partial charge in [-0.2, -0.15) is 0 Å². The summed E-state index contributed by atoms with van der Waals surface area (Å²) < 4.78 is 0. The molecule has 0 aromatic carbocycles. The lowest BCUT2D eigenvalue weighted by molar-refractivity contribution is -0.121. The smallest absolute Gasteiger partial charge is 0.221 e. The monoisotopic (exact) mass is 228 g/mol. The van der Waals surface area contributed by atoms with Crippen LogP contribution in [0.25, 0.3) is 0 Å². The van der Waals surface area contributed by atoms with Gasteiger partial charge >= 0.3 is 0 Å². The van der Waals surface area contributed by atoms with Gasteiger partial charge < -0.3 is 15.7 Å². The molecule has 3 N–H and O–H groups in total. The Morgan fingerprint density at radius 2 is 2.25 bits per heavy atom. The fourth-order valence-electron chi connectivity index (χ4n) is 2.00. The maximum Gasteiger partial charge on any atom is 0.221 e. The highest BCUT2D eigenvalue weighted by molar-refractivity contribution is 5.76. The standard InChI is InChI=1S/C12H24N2O2/c1-3-9(2)14-12(16)7-8-13-10-5-4-6-11(10)15/h9-11,13,15H,3-8H2,1-2H3,(H,14,16)/t9?,10-,11-/m1/s1. The van der Waals surface area contributed by atoms with Crippen LogP contribution in [-0.2, 0) is 4.79 Å². The van der Waals surface area contributed by atoms with Gasteiger partial charge in [-0.3, -0.25) is 4.79 Å². The Kier molecular flexibility index (Phi) is 5.77. The van der Waals surface area contributed by atoms with E-state index in [2.05, 4.69) is 17.6 Å². The van der Waals surface area contributed by atoms with Crippen LogP contribution in [0.5, 0.6) is 0 Å². The molecule has 1 aliphatic carbocycles. The Bertz CT molecular complexity index is 221. The van der Waals surface area contributed by atoms with Crippen LogP contribution in [0.2, 0.25) is 0 Å². The normalized spacial score (nSPS) is 26.7. The van der Waals surface area contributed by atoms with Crippen molar-refractivity contribution in [1.82, 2.24) is 10.6 Å². The average Bonchev–Trinajstić information content (AvgIpc) is 2.64. The van der Waals surface area contributed by atoms with Crippen LogP contribution in [0, 0.1) is 0 Å². The molecule has 1 fully saturated rings. The van der Waals surface area contributed by atoms with Crippen LogP contribution in [0.4, 0.5) is 0 Å². The highest BCUT2D eigenvalue weighted by Gasteiger charge is 2.24. The molecule has 0 heterocycles. The number of aliphatic hydroxyl groups excluding tert-OH is 1. The molecule has 0 radical (unpaired) electrons. The predicted octanol–water partition coefficient (Wildman–Crippen LogP) is 0.794. The molecule has 3 atom stereocenters. The number of aliphatic hydroxyl groups is 1. The number of carbonyl (C=O) groups is 1. The molecule has 1 saturated carbocycles. The molecule has 16 heavy (non-hydrogen) atoms. The highest BCUT2D eigenvalue weighted by Crippen LogP contribution is 2.18. The molecule has 1 unspecified atom stereocenters. The zero-order valence-electron chi connectivity index (χ0n) is 10.3. The Labute approximate surface area is 97.8 Å². The van der Waals surface area contributed by atoms with Crippen LogP contribution >= 0.6 is 0 Å². The summed E-state index contributed by atoms with van der Waals surface area (Å²) in [7, 11) is 0. The molecule has 0 aromatic heterocycles. The largest absolute Gasteiger partial charge is 0.392 e. The molecule has 94 valence electrons. The first-order valence-corrected chi connectivity index (χ1v) is 6.34. The van der Waals surface area contributed by atoms with Crippen molar-refractivity contribution in [3.63, 3.8) is 0 Å². The van der Waals surface area contributed by atoms with E-state index in [1.54, 1.807) is 0 Å². The SMILES string of the molecule is CCC(C)NC(=O)CCN[C@@H]1CCC[C@H]1O. The number of nitrogens with one attached hydrogen (secondary N) is 2. The second-order valence-corrected chi connectivity index (χ2v) is 4.69. The molecule has 1 amide bonds. The Balaban J connectivity index is 2.08. The number of rotatable bonds is 6. The molecule has 0 aliphatic heterocycles. The molecule has 0 spiro atoms. The van der Waals surface area contributed by atoms with E-state index >= 15 is 0 Å². The summed E-state index contributed by atoms with van der Waals surface area (Å²) in [4.78, 5) is 11.5. The summed E-state index contributed by atoms with van der Waals surface area (Å²) in [6.07, 6.45) is 4.22. The first-order chi connectivity index (χ1) is 7.63. The van der Waals surface area contributed by atoms with Crippen molar-refractivity contribution in [2.75, 3.05) is 6.54 Å². The van der Waals surface area contributed by atoms with Crippen molar-refractivity contribution in [2.45, 2.75) is 64.1 Å². The fourth-order valence-corrected chi connectivity index (χ4v) is 2.00. The second-order valence-electron chi connectivity index (χ2n) is 4.69. The van der Waals surface area contributed by atoms with Gasteiger partial charge in [0.25, 0.3) is 0 Å². The lowest BCUT2D eigenvalue weighted by Crippen LogP contribution is -2.39. The second kappa shape index (κ2) is 6.86. The van der Waals surface area contributed by atoms with Crippen molar-refractivity contribution in [3.05, 3.63) is 0 Å². The summed E-state index contributed by atoms with van der Waals surface area (Å²) in [5, 5.41) is 15.7. The third kappa shape index (κ3) is 4.49. The quantitative estimate of drug-likeness (QED) is 0.630.